The second-order valence-electron chi connectivity index (χ2n) is 5.02. The molecule has 2 aromatic rings. The average molecular weight is 290 g/mol. The van der Waals surface area contributed by atoms with Gasteiger partial charge < -0.3 is 11.1 Å². The molecule has 1 fully saturated rings. The van der Waals surface area contributed by atoms with Gasteiger partial charge >= 0.3 is 0 Å². The van der Waals surface area contributed by atoms with Gasteiger partial charge in [0.05, 0.1) is 15.6 Å². The highest BCUT2D eigenvalue weighted by atomic mass is 32.1. The van der Waals surface area contributed by atoms with E-state index in [0.717, 1.165) is 23.4 Å². The number of nitrogen functional groups attached to an aromatic ring is 1. The van der Waals surface area contributed by atoms with E-state index in [4.69, 9.17) is 5.73 Å². The third-order valence-corrected chi connectivity index (χ3v) is 4.41. The number of hydrogen-bond donors (Lipinski definition) is 2. The molecule has 0 amide bonds. The summed E-state index contributed by atoms with van der Waals surface area (Å²) in [6.07, 6.45) is 1.95. The number of hydrogen-bond acceptors (Lipinski definition) is 4. The van der Waals surface area contributed by atoms with Crippen molar-refractivity contribution in [3.63, 3.8) is 0 Å². The molecule has 0 unspecified atom stereocenters. The molecule has 3 rings (SSSR count). The molecule has 1 aliphatic carbocycles. The topological polar surface area (TPSA) is 55.1 Å². The summed E-state index contributed by atoms with van der Waals surface area (Å²) in [5.74, 6) is 0.0814. The van der Waals surface area contributed by atoms with Crippen LogP contribution in [0.1, 0.15) is 28.1 Å². The molecular formula is C15H15FN2OS. The van der Waals surface area contributed by atoms with E-state index in [1.165, 1.54) is 23.5 Å². The molecule has 0 bridgehead atoms. The van der Waals surface area contributed by atoms with Gasteiger partial charge in [-0.3, -0.25) is 4.79 Å². The lowest BCUT2D eigenvalue weighted by molar-refractivity contribution is 0.0972. The van der Waals surface area contributed by atoms with Crippen molar-refractivity contribution in [2.24, 2.45) is 5.92 Å². The molecule has 1 aromatic carbocycles. The van der Waals surface area contributed by atoms with Crippen LogP contribution in [0, 0.1) is 11.7 Å². The molecule has 1 aliphatic rings. The monoisotopic (exact) mass is 290 g/mol. The molecule has 104 valence electrons. The van der Waals surface area contributed by atoms with Gasteiger partial charge in [-0.25, -0.2) is 4.39 Å². The highest BCUT2D eigenvalue weighted by Gasteiger charge is 2.32. The van der Waals surface area contributed by atoms with Gasteiger partial charge in [-0.2, -0.15) is 0 Å². The number of halogens is 1. The number of benzene rings is 1. The zero-order chi connectivity index (χ0) is 14.1. The number of carbonyl (C=O) groups excluding carboxylic acids is 1. The summed E-state index contributed by atoms with van der Waals surface area (Å²) in [6, 6.07) is 8.21. The lowest BCUT2D eigenvalue weighted by atomic mass is 10.2. The number of Topliss-reactive ketones (excluding diaryl/α,β-unsaturated/α-hetero) is 1. The summed E-state index contributed by atoms with van der Waals surface area (Å²) in [5, 5.41) is 4.03. The predicted molar refractivity (Wildman–Crippen MR) is 79.5 cm³/mol. The maximum Gasteiger partial charge on any atom is 0.178 e. The van der Waals surface area contributed by atoms with Crippen molar-refractivity contribution in [2.45, 2.75) is 19.4 Å². The van der Waals surface area contributed by atoms with Gasteiger partial charge in [0.25, 0.3) is 0 Å². The number of rotatable bonds is 5. The molecule has 0 spiro atoms. The minimum Gasteiger partial charge on any atom is -0.397 e. The van der Waals surface area contributed by atoms with E-state index in [9.17, 15) is 9.18 Å². The second kappa shape index (κ2) is 5.25. The van der Waals surface area contributed by atoms with E-state index in [1.54, 1.807) is 12.1 Å². The van der Waals surface area contributed by atoms with Crippen molar-refractivity contribution in [1.29, 1.82) is 0 Å². The Balaban J connectivity index is 1.69. The summed E-state index contributed by atoms with van der Waals surface area (Å²) in [5.41, 5.74) is 7.28. The van der Waals surface area contributed by atoms with Crippen LogP contribution in [-0.4, -0.2) is 5.78 Å². The Bertz CT molecular complexity index is 649. The summed E-state index contributed by atoms with van der Waals surface area (Å²) < 4.78 is 13.1. The van der Waals surface area contributed by atoms with Gasteiger partial charge in [0, 0.05) is 12.5 Å². The molecule has 0 aliphatic heterocycles. The average Bonchev–Trinajstić information content (AvgIpc) is 3.20. The largest absolute Gasteiger partial charge is 0.397 e. The van der Waals surface area contributed by atoms with Crippen molar-refractivity contribution in [1.82, 2.24) is 0 Å². The zero-order valence-corrected chi connectivity index (χ0v) is 11.7. The van der Waals surface area contributed by atoms with E-state index in [-0.39, 0.29) is 17.5 Å². The van der Waals surface area contributed by atoms with E-state index in [1.807, 2.05) is 6.07 Å². The van der Waals surface area contributed by atoms with Gasteiger partial charge in [-0.05, 0) is 36.6 Å². The first kappa shape index (κ1) is 13.1. The summed E-state index contributed by atoms with van der Waals surface area (Å²) in [7, 11) is 0. The quantitative estimate of drug-likeness (QED) is 0.826. The normalized spacial score (nSPS) is 14.2. The number of thiophene rings is 1. The molecule has 0 atom stereocenters. The molecule has 1 aromatic heterocycles. The molecule has 5 heteroatoms. The van der Waals surface area contributed by atoms with Crippen molar-refractivity contribution in [2.75, 3.05) is 11.1 Å². The van der Waals surface area contributed by atoms with E-state index >= 15 is 0 Å². The lowest BCUT2D eigenvalue weighted by Crippen LogP contribution is -2.01. The Hall–Kier alpha value is -1.88. The number of nitrogens with one attached hydrogen (secondary N) is 1. The number of ketones is 1. The van der Waals surface area contributed by atoms with E-state index in [0.29, 0.717) is 17.1 Å². The van der Waals surface area contributed by atoms with Gasteiger partial charge in [0.2, 0.25) is 0 Å². The Labute approximate surface area is 120 Å². The smallest absolute Gasteiger partial charge is 0.178 e. The van der Waals surface area contributed by atoms with Gasteiger partial charge in [0.1, 0.15) is 5.82 Å². The Morgan fingerprint density at radius 2 is 2.20 bits per heavy atom. The minimum atomic E-state index is -0.250. The fourth-order valence-corrected chi connectivity index (χ4v) is 3.05. The van der Waals surface area contributed by atoms with Crippen LogP contribution in [-0.2, 0) is 6.54 Å². The first-order valence-electron chi connectivity index (χ1n) is 6.55. The van der Waals surface area contributed by atoms with Crippen molar-refractivity contribution >= 4 is 27.8 Å². The van der Waals surface area contributed by atoms with Crippen molar-refractivity contribution in [3.8, 4) is 0 Å². The van der Waals surface area contributed by atoms with Gasteiger partial charge in [-0.15, -0.1) is 11.3 Å². The van der Waals surface area contributed by atoms with Crippen LogP contribution in [0.4, 0.5) is 15.1 Å². The third-order valence-electron chi connectivity index (χ3n) is 3.29. The fourth-order valence-electron chi connectivity index (χ4n) is 2.05. The predicted octanol–water partition coefficient (Wildman–Crippen LogP) is 3.67. The Morgan fingerprint density at radius 3 is 2.90 bits per heavy atom. The molecule has 3 nitrogen and oxygen atoms in total. The van der Waals surface area contributed by atoms with Crippen LogP contribution in [0.3, 0.4) is 0 Å². The SMILES string of the molecule is Nc1cc(NCc2cccc(F)c2)sc1C(=O)C1CC1. The minimum absolute atomic E-state index is 0.159. The molecule has 1 heterocycles. The van der Waals surface area contributed by atoms with Gasteiger partial charge in [0.15, 0.2) is 5.78 Å². The Kier molecular flexibility index (Phi) is 3.44. The molecule has 0 saturated heterocycles. The zero-order valence-electron chi connectivity index (χ0n) is 10.9. The van der Waals surface area contributed by atoms with Crippen LogP contribution in [0.15, 0.2) is 30.3 Å². The molecule has 1 saturated carbocycles. The first-order chi connectivity index (χ1) is 9.63. The van der Waals surface area contributed by atoms with E-state index < -0.39 is 0 Å². The van der Waals surface area contributed by atoms with Crippen LogP contribution >= 0.6 is 11.3 Å². The van der Waals surface area contributed by atoms with Crippen LogP contribution in [0.2, 0.25) is 0 Å². The van der Waals surface area contributed by atoms with Crippen molar-refractivity contribution in [3.05, 3.63) is 46.6 Å². The van der Waals surface area contributed by atoms with Crippen LogP contribution in [0.5, 0.6) is 0 Å². The van der Waals surface area contributed by atoms with Crippen LogP contribution in [0.25, 0.3) is 0 Å². The third kappa shape index (κ3) is 2.82. The van der Waals surface area contributed by atoms with Gasteiger partial charge in [-0.1, -0.05) is 12.1 Å². The second-order valence-corrected chi connectivity index (χ2v) is 6.07. The molecular weight excluding hydrogens is 275 g/mol. The van der Waals surface area contributed by atoms with Crippen molar-refractivity contribution < 1.29 is 9.18 Å². The standard InChI is InChI=1S/C15H15FN2OS/c16-11-3-1-2-9(6-11)8-18-13-7-12(17)15(20-13)14(19)10-4-5-10/h1-3,6-7,10,18H,4-5,8,17H2. The maximum absolute atomic E-state index is 13.1. The van der Waals surface area contributed by atoms with E-state index in [2.05, 4.69) is 5.32 Å². The first-order valence-corrected chi connectivity index (χ1v) is 7.37. The molecule has 3 N–H and O–H groups in total. The summed E-state index contributed by atoms with van der Waals surface area (Å²) in [6.45, 7) is 0.509. The number of nitrogens with two attached hydrogens (primary N) is 1. The lowest BCUT2D eigenvalue weighted by Gasteiger charge is -2.03. The Morgan fingerprint density at radius 1 is 1.40 bits per heavy atom. The number of anilines is 2. The molecule has 20 heavy (non-hydrogen) atoms. The number of carbonyl (C=O) groups is 1. The summed E-state index contributed by atoms with van der Waals surface area (Å²) in [4.78, 5) is 12.7. The maximum atomic E-state index is 13.1. The highest BCUT2D eigenvalue weighted by Crippen LogP contribution is 2.38. The fraction of sp³-hybridized carbons (Fsp3) is 0.267. The summed E-state index contributed by atoms with van der Waals surface area (Å²) >= 11 is 1.38. The van der Waals surface area contributed by atoms with Crippen LogP contribution < -0.4 is 11.1 Å². The molecule has 0 radical (unpaired) electrons. The highest BCUT2D eigenvalue weighted by molar-refractivity contribution is 7.18.